The molecule has 1 unspecified atom stereocenters. The highest BCUT2D eigenvalue weighted by Gasteiger charge is 2.14. The zero-order valence-electron chi connectivity index (χ0n) is 9.23. The minimum Gasteiger partial charge on any atom is -0.271 e. The van der Waals surface area contributed by atoms with Crippen molar-refractivity contribution in [3.8, 4) is 0 Å². The Morgan fingerprint density at radius 1 is 1.50 bits per heavy atom. The van der Waals surface area contributed by atoms with Crippen molar-refractivity contribution in [1.29, 1.82) is 0 Å². The van der Waals surface area contributed by atoms with Gasteiger partial charge in [0.05, 0.1) is 22.3 Å². The first-order valence-electron chi connectivity index (χ1n) is 4.98. The molecule has 1 atom stereocenters. The van der Waals surface area contributed by atoms with Gasteiger partial charge in [-0.3, -0.25) is 16.3 Å². The summed E-state index contributed by atoms with van der Waals surface area (Å²) >= 11 is 3.34. The largest absolute Gasteiger partial charge is 0.271 e. The van der Waals surface area contributed by atoms with Crippen LogP contribution in [0.25, 0.3) is 0 Å². The Bertz CT molecular complexity index is 430. The maximum absolute atomic E-state index is 5.56. The predicted octanol–water partition coefficient (Wildman–Crippen LogP) is 1.96. The summed E-state index contributed by atoms with van der Waals surface area (Å²) in [5.74, 6) is 5.56. The highest BCUT2D eigenvalue weighted by molar-refractivity contribution is 7.11. The minimum atomic E-state index is 0.109. The van der Waals surface area contributed by atoms with Gasteiger partial charge >= 0.3 is 0 Å². The van der Waals surface area contributed by atoms with Crippen LogP contribution in [0.2, 0.25) is 0 Å². The van der Waals surface area contributed by atoms with E-state index >= 15 is 0 Å². The number of rotatable bonds is 4. The van der Waals surface area contributed by atoms with Crippen LogP contribution >= 0.6 is 22.7 Å². The number of nitrogens with two attached hydrogens (primary N) is 1. The average Bonchev–Trinajstić information content (AvgIpc) is 2.86. The van der Waals surface area contributed by atoms with Gasteiger partial charge in [0.15, 0.2) is 0 Å². The molecule has 0 saturated heterocycles. The minimum absolute atomic E-state index is 0.109. The van der Waals surface area contributed by atoms with E-state index < -0.39 is 0 Å². The highest BCUT2D eigenvalue weighted by atomic mass is 32.1. The van der Waals surface area contributed by atoms with E-state index in [4.69, 9.17) is 5.84 Å². The molecule has 0 fully saturated rings. The van der Waals surface area contributed by atoms with Crippen LogP contribution in [0.5, 0.6) is 0 Å². The first-order chi connectivity index (χ1) is 7.70. The third-order valence-electron chi connectivity index (χ3n) is 2.45. The van der Waals surface area contributed by atoms with Crippen molar-refractivity contribution in [2.24, 2.45) is 5.84 Å². The summed E-state index contributed by atoms with van der Waals surface area (Å²) < 4.78 is 0. The molecule has 0 radical (unpaired) electrons. The van der Waals surface area contributed by atoms with Crippen LogP contribution in [0.4, 0.5) is 0 Å². The summed E-state index contributed by atoms with van der Waals surface area (Å²) in [5, 5.41) is 1.12. The van der Waals surface area contributed by atoms with Gasteiger partial charge in [-0.05, 0) is 13.8 Å². The van der Waals surface area contributed by atoms with Crippen LogP contribution in [0.3, 0.4) is 0 Å². The summed E-state index contributed by atoms with van der Waals surface area (Å²) in [6.45, 7) is 4.13. The van der Waals surface area contributed by atoms with Crippen molar-refractivity contribution in [2.75, 3.05) is 0 Å². The van der Waals surface area contributed by atoms with E-state index in [1.54, 1.807) is 22.7 Å². The second kappa shape index (κ2) is 5.01. The molecule has 2 aromatic heterocycles. The molecule has 2 heterocycles. The fourth-order valence-electron chi connectivity index (χ4n) is 1.44. The Labute approximate surface area is 103 Å². The number of hydrogen-bond acceptors (Lipinski definition) is 6. The molecule has 2 rings (SSSR count). The lowest BCUT2D eigenvalue weighted by molar-refractivity contribution is 0.558. The van der Waals surface area contributed by atoms with Crippen LogP contribution in [-0.2, 0) is 6.42 Å². The first-order valence-corrected chi connectivity index (χ1v) is 6.67. The first kappa shape index (κ1) is 11.7. The fraction of sp³-hybridized carbons (Fsp3) is 0.400. The molecule has 0 aromatic carbocycles. The third-order valence-corrected chi connectivity index (χ3v) is 4.43. The standard InChI is InChI=1S/C10H14N4S2/c1-6-7(2)16-10(13-6)3-8(14-11)9-4-12-5-15-9/h4-5,8,14H,3,11H2,1-2H3. The van der Waals surface area contributed by atoms with Crippen LogP contribution in [0, 0.1) is 13.8 Å². The molecule has 2 aromatic rings. The molecule has 0 aliphatic heterocycles. The monoisotopic (exact) mass is 254 g/mol. The summed E-state index contributed by atoms with van der Waals surface area (Å²) in [7, 11) is 0. The van der Waals surface area contributed by atoms with Gasteiger partial charge in [-0.15, -0.1) is 22.7 Å². The lowest BCUT2D eigenvalue weighted by Gasteiger charge is -2.11. The molecule has 4 nitrogen and oxygen atoms in total. The van der Waals surface area contributed by atoms with Crippen molar-refractivity contribution in [3.63, 3.8) is 0 Å². The predicted molar refractivity (Wildman–Crippen MR) is 67.5 cm³/mol. The summed E-state index contributed by atoms with van der Waals surface area (Å²) in [6, 6.07) is 0.109. The number of nitrogens with zero attached hydrogens (tertiary/aromatic N) is 2. The number of aromatic nitrogens is 2. The number of nitrogens with one attached hydrogen (secondary N) is 1. The van der Waals surface area contributed by atoms with Gasteiger partial charge in [0.1, 0.15) is 0 Å². The Morgan fingerprint density at radius 2 is 2.31 bits per heavy atom. The number of hydrazine groups is 1. The lowest BCUT2D eigenvalue weighted by Crippen LogP contribution is -2.28. The van der Waals surface area contributed by atoms with Gasteiger partial charge in [-0.2, -0.15) is 0 Å². The van der Waals surface area contributed by atoms with Gasteiger partial charge < -0.3 is 0 Å². The molecule has 86 valence electrons. The fourth-order valence-corrected chi connectivity index (χ4v) is 3.10. The molecule has 6 heteroatoms. The summed E-state index contributed by atoms with van der Waals surface area (Å²) in [4.78, 5) is 11.0. The number of aryl methyl sites for hydroxylation is 2. The zero-order valence-corrected chi connectivity index (χ0v) is 10.9. The van der Waals surface area contributed by atoms with E-state index in [2.05, 4.69) is 22.3 Å². The van der Waals surface area contributed by atoms with Gasteiger partial charge in [-0.25, -0.2) is 4.98 Å². The van der Waals surface area contributed by atoms with Crippen molar-refractivity contribution >= 4 is 22.7 Å². The molecule has 0 saturated carbocycles. The number of thiazole rings is 2. The van der Waals surface area contributed by atoms with E-state index in [0.717, 1.165) is 22.0 Å². The van der Waals surface area contributed by atoms with E-state index in [-0.39, 0.29) is 6.04 Å². The van der Waals surface area contributed by atoms with Gasteiger partial charge in [0.2, 0.25) is 0 Å². The summed E-state index contributed by atoms with van der Waals surface area (Å²) in [5.41, 5.74) is 5.75. The lowest BCUT2D eigenvalue weighted by atomic mass is 10.2. The van der Waals surface area contributed by atoms with E-state index in [0.29, 0.717) is 0 Å². The molecular formula is C10H14N4S2. The highest BCUT2D eigenvalue weighted by Crippen LogP contribution is 2.24. The molecule has 0 spiro atoms. The van der Waals surface area contributed by atoms with Crippen molar-refractivity contribution in [2.45, 2.75) is 26.3 Å². The quantitative estimate of drug-likeness (QED) is 0.647. The number of hydrogen-bond donors (Lipinski definition) is 2. The van der Waals surface area contributed by atoms with E-state index in [1.807, 2.05) is 18.6 Å². The topological polar surface area (TPSA) is 63.8 Å². The average molecular weight is 254 g/mol. The zero-order chi connectivity index (χ0) is 11.5. The van der Waals surface area contributed by atoms with Gasteiger partial charge in [-0.1, -0.05) is 0 Å². The molecule has 0 aliphatic rings. The Hall–Kier alpha value is -0.820. The Balaban J connectivity index is 2.13. The van der Waals surface area contributed by atoms with Crippen molar-refractivity contribution < 1.29 is 0 Å². The molecule has 16 heavy (non-hydrogen) atoms. The molecule has 3 N–H and O–H groups in total. The van der Waals surface area contributed by atoms with Crippen LogP contribution in [-0.4, -0.2) is 9.97 Å². The van der Waals surface area contributed by atoms with Gasteiger partial charge in [0.25, 0.3) is 0 Å². The SMILES string of the molecule is Cc1nc(CC(NN)c2cncs2)sc1C. The summed E-state index contributed by atoms with van der Waals surface area (Å²) in [6.07, 6.45) is 2.67. The van der Waals surface area contributed by atoms with Crippen LogP contribution < -0.4 is 11.3 Å². The van der Waals surface area contributed by atoms with Crippen LogP contribution in [0.15, 0.2) is 11.7 Å². The maximum atomic E-state index is 5.56. The van der Waals surface area contributed by atoms with Crippen molar-refractivity contribution in [1.82, 2.24) is 15.4 Å². The second-order valence-electron chi connectivity index (χ2n) is 3.58. The second-order valence-corrected chi connectivity index (χ2v) is 5.78. The molecule has 0 bridgehead atoms. The van der Waals surface area contributed by atoms with E-state index in [9.17, 15) is 0 Å². The van der Waals surface area contributed by atoms with E-state index in [1.165, 1.54) is 4.88 Å². The van der Waals surface area contributed by atoms with Gasteiger partial charge in [0, 0.05) is 22.4 Å². The van der Waals surface area contributed by atoms with Crippen LogP contribution in [0.1, 0.15) is 26.5 Å². The smallest absolute Gasteiger partial charge is 0.0950 e. The van der Waals surface area contributed by atoms with Crippen molar-refractivity contribution in [3.05, 3.63) is 32.2 Å². The molecular weight excluding hydrogens is 240 g/mol. The Kier molecular flexibility index (Phi) is 3.65. The molecule has 0 aliphatic carbocycles. The molecule has 0 amide bonds. The Morgan fingerprint density at radius 3 is 2.81 bits per heavy atom. The normalized spacial score (nSPS) is 12.9. The third kappa shape index (κ3) is 2.46. The maximum Gasteiger partial charge on any atom is 0.0950 e.